The first-order chi connectivity index (χ1) is 13.7. The fourth-order valence-corrected chi connectivity index (χ4v) is 4.81. The van der Waals surface area contributed by atoms with E-state index in [-0.39, 0.29) is 5.91 Å². The van der Waals surface area contributed by atoms with Gasteiger partial charge in [0.05, 0.1) is 10.4 Å². The summed E-state index contributed by atoms with van der Waals surface area (Å²) in [5, 5.41) is 2.18. The van der Waals surface area contributed by atoms with Crippen molar-refractivity contribution in [3.8, 4) is 0 Å². The summed E-state index contributed by atoms with van der Waals surface area (Å²) in [5.74, 6) is 0.121. The molecule has 1 aliphatic heterocycles. The van der Waals surface area contributed by atoms with Gasteiger partial charge >= 0.3 is 0 Å². The Hall–Kier alpha value is -2.92. The molecule has 0 atom stereocenters. The molecule has 5 heteroatoms. The van der Waals surface area contributed by atoms with Crippen LogP contribution in [0.3, 0.4) is 0 Å². The zero-order chi connectivity index (χ0) is 19.1. The Kier molecular flexibility index (Phi) is 4.24. The van der Waals surface area contributed by atoms with Gasteiger partial charge < -0.3 is 9.80 Å². The zero-order valence-electron chi connectivity index (χ0n) is 15.8. The average molecular weight is 388 g/mol. The van der Waals surface area contributed by atoms with E-state index in [2.05, 4.69) is 54.3 Å². The van der Waals surface area contributed by atoms with Crippen molar-refractivity contribution in [2.75, 3.05) is 31.1 Å². The lowest BCUT2D eigenvalue weighted by Gasteiger charge is -2.35. The predicted molar refractivity (Wildman–Crippen MR) is 116 cm³/mol. The van der Waals surface area contributed by atoms with Gasteiger partial charge in [-0.05, 0) is 43.3 Å². The lowest BCUT2D eigenvalue weighted by Crippen LogP contribution is -2.48. The van der Waals surface area contributed by atoms with Crippen LogP contribution in [0.1, 0.15) is 15.2 Å². The van der Waals surface area contributed by atoms with Crippen LogP contribution in [0.25, 0.3) is 21.1 Å². The first-order valence-electron chi connectivity index (χ1n) is 9.58. The number of amides is 1. The number of carbonyl (C=O) groups excluding carboxylic acids is 1. The van der Waals surface area contributed by atoms with Crippen LogP contribution in [-0.2, 0) is 0 Å². The first kappa shape index (κ1) is 17.2. The maximum atomic E-state index is 13.1. The number of rotatable bonds is 2. The highest BCUT2D eigenvalue weighted by molar-refractivity contribution is 7.20. The van der Waals surface area contributed by atoms with E-state index in [1.807, 2.05) is 23.1 Å². The van der Waals surface area contributed by atoms with Crippen molar-refractivity contribution in [3.05, 3.63) is 71.1 Å². The van der Waals surface area contributed by atoms with Crippen LogP contribution >= 0.6 is 11.3 Å². The van der Waals surface area contributed by atoms with Gasteiger partial charge in [0.1, 0.15) is 4.83 Å². The number of benzene rings is 2. The molecule has 140 valence electrons. The molecule has 1 fully saturated rings. The van der Waals surface area contributed by atoms with Crippen LogP contribution in [0, 0.1) is 6.92 Å². The second-order valence-electron chi connectivity index (χ2n) is 7.30. The Morgan fingerprint density at radius 3 is 2.50 bits per heavy atom. The zero-order valence-corrected chi connectivity index (χ0v) is 16.6. The van der Waals surface area contributed by atoms with Crippen LogP contribution in [0.4, 0.5) is 5.69 Å². The Labute approximate surface area is 168 Å². The van der Waals surface area contributed by atoms with E-state index in [0.29, 0.717) is 0 Å². The third-order valence-corrected chi connectivity index (χ3v) is 6.39. The minimum Gasteiger partial charge on any atom is -0.368 e. The monoisotopic (exact) mass is 387 g/mol. The van der Waals surface area contributed by atoms with E-state index >= 15 is 0 Å². The number of carbonyl (C=O) groups is 1. The van der Waals surface area contributed by atoms with Crippen molar-refractivity contribution < 1.29 is 4.79 Å². The fourth-order valence-electron chi connectivity index (χ4n) is 3.82. The molecule has 1 amide bonds. The number of pyridine rings is 1. The van der Waals surface area contributed by atoms with Crippen LogP contribution in [0.2, 0.25) is 0 Å². The van der Waals surface area contributed by atoms with E-state index in [9.17, 15) is 4.79 Å². The number of thiophene rings is 1. The number of fused-ring (bicyclic) bond motifs is 2. The molecule has 0 unspecified atom stereocenters. The molecule has 0 radical (unpaired) electrons. The van der Waals surface area contributed by atoms with Crippen LogP contribution in [0.15, 0.2) is 60.7 Å². The number of para-hydroxylation sites is 1. The number of anilines is 1. The topological polar surface area (TPSA) is 36.4 Å². The van der Waals surface area contributed by atoms with Gasteiger partial charge in [0.2, 0.25) is 0 Å². The summed E-state index contributed by atoms with van der Waals surface area (Å²) < 4.78 is 0. The molecular formula is C23H21N3OS. The Morgan fingerprint density at radius 1 is 0.929 bits per heavy atom. The molecule has 2 aromatic carbocycles. The Bertz CT molecular complexity index is 1160. The molecule has 1 aliphatic rings. The van der Waals surface area contributed by atoms with Gasteiger partial charge in [0, 0.05) is 42.6 Å². The molecule has 4 aromatic rings. The van der Waals surface area contributed by atoms with Crippen LogP contribution in [-0.4, -0.2) is 42.0 Å². The van der Waals surface area contributed by atoms with E-state index in [4.69, 9.17) is 4.98 Å². The maximum Gasteiger partial charge on any atom is 0.264 e. The third-order valence-electron chi connectivity index (χ3n) is 5.36. The van der Waals surface area contributed by atoms with E-state index < -0.39 is 0 Å². The van der Waals surface area contributed by atoms with Crippen molar-refractivity contribution in [2.45, 2.75) is 6.92 Å². The fraction of sp³-hybridized carbons (Fsp3) is 0.217. The molecule has 3 heterocycles. The van der Waals surface area contributed by atoms with Crippen molar-refractivity contribution in [3.63, 3.8) is 0 Å². The van der Waals surface area contributed by atoms with E-state index in [0.717, 1.165) is 52.2 Å². The standard InChI is InChI=1S/C23H21N3OS/c1-16-7-8-20-17(13-16)14-18-15-21(28-22(18)24-20)23(27)26-11-9-25(10-12-26)19-5-3-2-4-6-19/h2-8,13-15H,9-12H2,1H3. The summed E-state index contributed by atoms with van der Waals surface area (Å²) in [6.07, 6.45) is 0. The van der Waals surface area contributed by atoms with Gasteiger partial charge in [-0.15, -0.1) is 11.3 Å². The van der Waals surface area contributed by atoms with Gasteiger partial charge in [0.25, 0.3) is 5.91 Å². The number of hydrogen-bond donors (Lipinski definition) is 0. The molecular weight excluding hydrogens is 366 g/mol. The third kappa shape index (κ3) is 3.12. The van der Waals surface area contributed by atoms with E-state index in [1.54, 1.807) is 0 Å². The lowest BCUT2D eigenvalue weighted by atomic mass is 10.1. The summed E-state index contributed by atoms with van der Waals surface area (Å²) in [6.45, 7) is 5.30. The maximum absolute atomic E-state index is 13.1. The van der Waals surface area contributed by atoms with Crippen LogP contribution < -0.4 is 4.90 Å². The number of aromatic nitrogens is 1. The second kappa shape index (κ2) is 6.91. The largest absolute Gasteiger partial charge is 0.368 e. The molecule has 0 N–H and O–H groups in total. The average Bonchev–Trinajstić information content (AvgIpc) is 3.15. The van der Waals surface area contributed by atoms with Crippen molar-refractivity contribution in [1.82, 2.24) is 9.88 Å². The molecule has 28 heavy (non-hydrogen) atoms. The highest BCUT2D eigenvalue weighted by Gasteiger charge is 2.24. The highest BCUT2D eigenvalue weighted by Crippen LogP contribution is 2.29. The van der Waals surface area contributed by atoms with Gasteiger partial charge in [-0.1, -0.05) is 29.8 Å². The summed E-state index contributed by atoms with van der Waals surface area (Å²) in [7, 11) is 0. The van der Waals surface area contributed by atoms with Crippen molar-refractivity contribution in [1.29, 1.82) is 0 Å². The smallest absolute Gasteiger partial charge is 0.264 e. The summed E-state index contributed by atoms with van der Waals surface area (Å²) in [6, 6.07) is 20.8. The summed E-state index contributed by atoms with van der Waals surface area (Å²) in [4.78, 5) is 23.8. The molecule has 5 rings (SSSR count). The van der Waals surface area contributed by atoms with Crippen molar-refractivity contribution >= 4 is 44.1 Å². The van der Waals surface area contributed by atoms with Crippen LogP contribution in [0.5, 0.6) is 0 Å². The van der Waals surface area contributed by atoms with Gasteiger partial charge in [-0.3, -0.25) is 4.79 Å². The van der Waals surface area contributed by atoms with Gasteiger partial charge in [0.15, 0.2) is 0 Å². The molecule has 1 saturated heterocycles. The number of piperazine rings is 1. The summed E-state index contributed by atoms with van der Waals surface area (Å²) in [5.41, 5.74) is 3.43. The highest BCUT2D eigenvalue weighted by atomic mass is 32.1. The minimum atomic E-state index is 0.121. The lowest BCUT2D eigenvalue weighted by molar-refractivity contribution is 0.0751. The number of hydrogen-bond acceptors (Lipinski definition) is 4. The molecule has 0 aliphatic carbocycles. The molecule has 0 bridgehead atoms. The van der Waals surface area contributed by atoms with E-state index in [1.165, 1.54) is 22.6 Å². The second-order valence-corrected chi connectivity index (χ2v) is 8.34. The van der Waals surface area contributed by atoms with Gasteiger partial charge in [-0.2, -0.15) is 0 Å². The predicted octanol–water partition coefficient (Wildman–Crippen LogP) is 4.72. The Balaban J connectivity index is 1.36. The molecule has 4 nitrogen and oxygen atoms in total. The summed E-state index contributed by atoms with van der Waals surface area (Å²) >= 11 is 1.50. The number of aryl methyl sites for hydroxylation is 1. The quantitative estimate of drug-likeness (QED) is 0.499. The Morgan fingerprint density at radius 2 is 1.71 bits per heavy atom. The SMILES string of the molecule is Cc1ccc2nc3sc(C(=O)N4CCN(c5ccccc5)CC4)cc3cc2c1. The molecule has 0 spiro atoms. The number of nitrogens with zero attached hydrogens (tertiary/aromatic N) is 3. The first-order valence-corrected chi connectivity index (χ1v) is 10.4. The minimum absolute atomic E-state index is 0.121. The normalized spacial score (nSPS) is 14.8. The molecule has 2 aromatic heterocycles. The molecule has 0 saturated carbocycles. The van der Waals surface area contributed by atoms with Crippen molar-refractivity contribution in [2.24, 2.45) is 0 Å². The van der Waals surface area contributed by atoms with Gasteiger partial charge in [-0.25, -0.2) is 4.98 Å².